The number of rotatable bonds is 2. The van der Waals surface area contributed by atoms with Gasteiger partial charge in [0, 0.05) is 0 Å². The molecule has 0 aliphatic heterocycles. The maximum absolute atomic E-state index is 10.4. The van der Waals surface area contributed by atoms with E-state index in [0.717, 1.165) is 10.8 Å². The lowest BCUT2D eigenvalue weighted by molar-refractivity contribution is 0.512. The molecular formula is C10H9NO3S. The second kappa shape index (κ2) is 3.78. The smallest absolute Gasteiger partial charge is 0.299 e. The SMILES string of the molecule is Nc1cc2ccccc2cc1O[SH](=O)=O. The second-order valence-electron chi connectivity index (χ2n) is 3.05. The van der Waals surface area contributed by atoms with Gasteiger partial charge in [-0.2, -0.15) is 8.42 Å². The molecule has 0 spiro atoms. The monoisotopic (exact) mass is 223 g/mol. The average Bonchev–Trinajstić information content (AvgIpc) is 2.18. The first kappa shape index (κ1) is 9.79. The van der Waals surface area contributed by atoms with Crippen LogP contribution in [0.25, 0.3) is 10.8 Å². The van der Waals surface area contributed by atoms with E-state index in [9.17, 15) is 8.42 Å². The van der Waals surface area contributed by atoms with Crippen molar-refractivity contribution in [2.75, 3.05) is 5.73 Å². The van der Waals surface area contributed by atoms with Crippen LogP contribution in [0.2, 0.25) is 0 Å². The van der Waals surface area contributed by atoms with Crippen LogP contribution in [0.1, 0.15) is 0 Å². The highest BCUT2D eigenvalue weighted by Crippen LogP contribution is 2.27. The van der Waals surface area contributed by atoms with Crippen LogP contribution < -0.4 is 9.92 Å². The zero-order valence-electron chi connectivity index (χ0n) is 7.71. The van der Waals surface area contributed by atoms with Crippen molar-refractivity contribution in [1.29, 1.82) is 0 Å². The lowest BCUT2D eigenvalue weighted by atomic mass is 10.1. The summed E-state index contributed by atoms with van der Waals surface area (Å²) >= 11 is 0. The lowest BCUT2D eigenvalue weighted by Crippen LogP contribution is -1.95. The van der Waals surface area contributed by atoms with Crippen LogP contribution in [0, 0.1) is 0 Å². The van der Waals surface area contributed by atoms with Gasteiger partial charge in [0.05, 0.1) is 5.69 Å². The molecule has 0 radical (unpaired) electrons. The second-order valence-corrected chi connectivity index (χ2v) is 3.68. The molecule has 0 atom stereocenters. The molecule has 2 N–H and O–H groups in total. The quantitative estimate of drug-likeness (QED) is 0.595. The highest BCUT2D eigenvalue weighted by molar-refractivity contribution is 7.67. The number of hydrogen-bond donors (Lipinski definition) is 2. The Labute approximate surface area is 88.4 Å². The van der Waals surface area contributed by atoms with Crippen molar-refractivity contribution < 1.29 is 12.6 Å². The van der Waals surface area contributed by atoms with E-state index in [2.05, 4.69) is 4.18 Å². The number of nitrogens with two attached hydrogens (primary N) is 1. The summed E-state index contributed by atoms with van der Waals surface area (Å²) in [5.41, 5.74) is 5.96. The number of hydrogen-bond acceptors (Lipinski definition) is 4. The number of thiol groups is 1. The molecule has 0 saturated heterocycles. The van der Waals surface area contributed by atoms with Crippen molar-refractivity contribution in [2.45, 2.75) is 0 Å². The molecule has 2 rings (SSSR count). The minimum atomic E-state index is -2.93. The van der Waals surface area contributed by atoms with Crippen molar-refractivity contribution in [3.05, 3.63) is 36.4 Å². The minimum absolute atomic E-state index is 0.171. The molecule has 2 aromatic rings. The van der Waals surface area contributed by atoms with Gasteiger partial charge in [0.2, 0.25) is 0 Å². The van der Waals surface area contributed by atoms with E-state index in [1.165, 1.54) is 0 Å². The molecule has 15 heavy (non-hydrogen) atoms. The molecular weight excluding hydrogens is 214 g/mol. The largest absolute Gasteiger partial charge is 0.396 e. The van der Waals surface area contributed by atoms with E-state index >= 15 is 0 Å². The van der Waals surface area contributed by atoms with E-state index < -0.39 is 11.0 Å². The molecule has 0 heterocycles. The zero-order chi connectivity index (χ0) is 10.8. The van der Waals surface area contributed by atoms with Gasteiger partial charge >= 0.3 is 0 Å². The van der Waals surface area contributed by atoms with Gasteiger partial charge < -0.3 is 9.92 Å². The van der Waals surface area contributed by atoms with Crippen LogP contribution in [-0.2, 0) is 11.0 Å². The molecule has 0 aliphatic rings. The maximum atomic E-state index is 10.4. The Morgan fingerprint density at radius 1 is 1.07 bits per heavy atom. The van der Waals surface area contributed by atoms with Crippen LogP contribution in [0.3, 0.4) is 0 Å². The zero-order valence-corrected chi connectivity index (χ0v) is 8.61. The Balaban J connectivity index is 2.61. The molecule has 0 aliphatic carbocycles. The topological polar surface area (TPSA) is 69.4 Å². The first-order valence-electron chi connectivity index (χ1n) is 4.27. The van der Waals surface area contributed by atoms with Crippen LogP contribution in [-0.4, -0.2) is 8.42 Å². The Kier molecular flexibility index (Phi) is 2.47. The summed E-state index contributed by atoms with van der Waals surface area (Å²) in [6, 6.07) is 10.8. The van der Waals surface area contributed by atoms with Gasteiger partial charge in [-0.25, -0.2) is 0 Å². The molecule has 0 bridgehead atoms. The lowest BCUT2D eigenvalue weighted by Gasteiger charge is -2.04. The third-order valence-electron chi connectivity index (χ3n) is 2.05. The fourth-order valence-electron chi connectivity index (χ4n) is 1.40. The summed E-state index contributed by atoms with van der Waals surface area (Å²) in [4.78, 5) is 0. The highest BCUT2D eigenvalue weighted by Gasteiger charge is 2.03. The van der Waals surface area contributed by atoms with Gasteiger partial charge in [0.1, 0.15) is 0 Å². The van der Waals surface area contributed by atoms with Crippen LogP contribution in [0.4, 0.5) is 5.69 Å². The molecule has 4 nitrogen and oxygen atoms in total. The normalized spacial score (nSPS) is 10.7. The van der Waals surface area contributed by atoms with E-state index in [-0.39, 0.29) is 5.75 Å². The fraction of sp³-hybridized carbons (Fsp3) is 0. The van der Waals surface area contributed by atoms with Gasteiger partial charge in [-0.15, -0.1) is 0 Å². The van der Waals surface area contributed by atoms with Gasteiger partial charge in [-0.3, -0.25) is 0 Å². The molecule has 0 fully saturated rings. The summed E-state index contributed by atoms with van der Waals surface area (Å²) in [6.07, 6.45) is 0. The number of nitrogen functional groups attached to an aromatic ring is 1. The summed E-state index contributed by atoms with van der Waals surface area (Å²) in [5, 5.41) is 1.84. The highest BCUT2D eigenvalue weighted by atomic mass is 32.2. The number of benzene rings is 2. The predicted octanol–water partition coefficient (Wildman–Crippen LogP) is 1.33. The number of anilines is 1. The Bertz CT molecular complexity index is 570. The fourth-order valence-corrected chi connectivity index (χ4v) is 1.72. The molecule has 0 saturated carbocycles. The summed E-state index contributed by atoms with van der Waals surface area (Å²) in [5.74, 6) is 0.171. The van der Waals surface area contributed by atoms with Crippen LogP contribution in [0.15, 0.2) is 36.4 Å². The van der Waals surface area contributed by atoms with E-state index in [4.69, 9.17) is 5.73 Å². The van der Waals surface area contributed by atoms with Gasteiger partial charge in [-0.05, 0) is 22.9 Å². The van der Waals surface area contributed by atoms with Gasteiger partial charge in [0.15, 0.2) is 5.75 Å². The van der Waals surface area contributed by atoms with E-state index in [1.807, 2.05) is 24.3 Å². The Hall–Kier alpha value is -1.75. The minimum Gasteiger partial charge on any atom is -0.396 e. The van der Waals surface area contributed by atoms with Gasteiger partial charge in [0.25, 0.3) is 11.0 Å². The molecule has 2 aromatic carbocycles. The molecule has 78 valence electrons. The third-order valence-corrected chi connectivity index (χ3v) is 2.40. The van der Waals surface area contributed by atoms with Crippen molar-refractivity contribution in [2.24, 2.45) is 0 Å². The Morgan fingerprint density at radius 3 is 2.27 bits per heavy atom. The van der Waals surface area contributed by atoms with Crippen molar-refractivity contribution in [3.8, 4) is 5.75 Å². The molecule has 0 aromatic heterocycles. The molecule has 0 unspecified atom stereocenters. The Morgan fingerprint density at radius 2 is 1.67 bits per heavy atom. The summed E-state index contributed by atoms with van der Waals surface area (Å²) in [7, 11) is -2.93. The summed E-state index contributed by atoms with van der Waals surface area (Å²) in [6.45, 7) is 0. The predicted molar refractivity (Wildman–Crippen MR) is 59.3 cm³/mol. The van der Waals surface area contributed by atoms with Gasteiger partial charge in [-0.1, -0.05) is 24.3 Å². The van der Waals surface area contributed by atoms with Crippen molar-refractivity contribution >= 4 is 27.4 Å². The average molecular weight is 223 g/mol. The van der Waals surface area contributed by atoms with E-state index in [1.54, 1.807) is 12.1 Å². The first-order valence-corrected chi connectivity index (χ1v) is 5.37. The molecule has 5 heteroatoms. The van der Waals surface area contributed by atoms with Crippen molar-refractivity contribution in [1.82, 2.24) is 0 Å². The maximum Gasteiger partial charge on any atom is 0.299 e. The van der Waals surface area contributed by atoms with Crippen molar-refractivity contribution in [3.63, 3.8) is 0 Å². The summed E-state index contributed by atoms with van der Waals surface area (Å²) < 4.78 is 25.4. The molecule has 0 amide bonds. The number of fused-ring (bicyclic) bond motifs is 1. The van der Waals surface area contributed by atoms with Crippen LogP contribution >= 0.6 is 0 Å². The van der Waals surface area contributed by atoms with Crippen LogP contribution in [0.5, 0.6) is 5.75 Å². The first-order chi connectivity index (χ1) is 7.16. The third kappa shape index (κ3) is 2.02. The van der Waals surface area contributed by atoms with E-state index in [0.29, 0.717) is 5.69 Å². The standard InChI is InChI=1S/C10H9NO3S/c11-9-5-7-3-1-2-4-8(7)6-10(9)14-15(12)13/h1-6,15H,11H2.